The number of nitrogens with zero attached hydrogens (tertiary/aromatic N) is 2. The van der Waals surface area contributed by atoms with Gasteiger partial charge in [0.15, 0.2) is 0 Å². The van der Waals surface area contributed by atoms with Crippen LogP contribution >= 0.6 is 0 Å². The van der Waals surface area contributed by atoms with E-state index in [1.807, 2.05) is 25.7 Å². The van der Waals surface area contributed by atoms with E-state index in [4.69, 9.17) is 10.00 Å². The van der Waals surface area contributed by atoms with Gasteiger partial charge in [-0.2, -0.15) is 5.26 Å². The second kappa shape index (κ2) is 8.65. The fourth-order valence-electron chi connectivity index (χ4n) is 1.56. The van der Waals surface area contributed by atoms with Gasteiger partial charge in [-0.25, -0.2) is 0 Å². The van der Waals surface area contributed by atoms with Crippen LogP contribution in [-0.2, 0) is 14.3 Å². The number of nitriles is 1. The van der Waals surface area contributed by atoms with Gasteiger partial charge in [0.2, 0.25) is 6.41 Å². The highest BCUT2D eigenvalue weighted by atomic mass is 16.5. The van der Waals surface area contributed by atoms with E-state index in [-0.39, 0.29) is 12.0 Å². The molecule has 5 heteroatoms. The van der Waals surface area contributed by atoms with Crippen molar-refractivity contribution in [2.24, 2.45) is 11.8 Å². The molecule has 19 heavy (non-hydrogen) atoms. The predicted molar refractivity (Wildman–Crippen MR) is 72.3 cm³/mol. The van der Waals surface area contributed by atoms with Crippen molar-refractivity contribution in [2.45, 2.75) is 39.2 Å². The Bertz CT molecular complexity index is 308. The molecule has 0 aromatic carbocycles. The van der Waals surface area contributed by atoms with Gasteiger partial charge in [-0.1, -0.05) is 0 Å². The first kappa shape index (κ1) is 17.6. The van der Waals surface area contributed by atoms with Gasteiger partial charge in [0.05, 0.1) is 18.1 Å². The quantitative estimate of drug-likeness (QED) is 0.714. The molecule has 0 radical (unpaired) electrons. The van der Waals surface area contributed by atoms with E-state index in [1.54, 1.807) is 13.2 Å². The van der Waals surface area contributed by atoms with Crippen LogP contribution in [0.3, 0.4) is 0 Å². The van der Waals surface area contributed by atoms with Gasteiger partial charge in [0.1, 0.15) is 6.29 Å². The Kier molecular flexibility index (Phi) is 8.01. The fraction of sp³-hybridized carbons (Fsp3) is 0.786. The first-order valence-corrected chi connectivity index (χ1v) is 6.43. The van der Waals surface area contributed by atoms with Crippen molar-refractivity contribution in [1.82, 2.24) is 4.90 Å². The number of piperidine rings is 1. The summed E-state index contributed by atoms with van der Waals surface area (Å²) < 4.78 is 4.94. The fourth-order valence-corrected chi connectivity index (χ4v) is 1.56. The van der Waals surface area contributed by atoms with Crippen molar-refractivity contribution < 1.29 is 14.3 Å². The number of hydrogen-bond donors (Lipinski definition) is 0. The molecule has 1 saturated heterocycles. The summed E-state index contributed by atoms with van der Waals surface area (Å²) in [7, 11) is 1.71. The average molecular weight is 268 g/mol. The molecule has 1 saturated carbocycles. The van der Waals surface area contributed by atoms with Gasteiger partial charge in [0, 0.05) is 20.2 Å². The zero-order valence-corrected chi connectivity index (χ0v) is 12.3. The second-order valence-electron chi connectivity index (χ2n) is 5.66. The topological polar surface area (TPSA) is 70.4 Å². The van der Waals surface area contributed by atoms with Crippen LogP contribution in [0, 0.1) is 23.2 Å². The van der Waals surface area contributed by atoms with Crippen LogP contribution in [0.15, 0.2) is 0 Å². The minimum absolute atomic E-state index is 0.0139. The largest absolute Gasteiger partial charge is 0.379 e. The number of carbonyl (C=O) groups excluding carboxylic acids is 2. The molecule has 2 atom stereocenters. The first-order chi connectivity index (χ1) is 8.87. The van der Waals surface area contributed by atoms with E-state index in [0.29, 0.717) is 6.29 Å². The van der Waals surface area contributed by atoms with Gasteiger partial charge in [-0.15, -0.1) is 0 Å². The SMILES string of the molecule is COC(C)(C)C.N#CCC=O.O=CN1CC2CC2C1. The Morgan fingerprint density at radius 1 is 1.32 bits per heavy atom. The number of fused-ring (bicyclic) bond motifs is 1. The number of methoxy groups -OCH3 is 1. The van der Waals surface area contributed by atoms with Crippen LogP contribution in [0.4, 0.5) is 0 Å². The van der Waals surface area contributed by atoms with Crippen molar-refractivity contribution in [3.63, 3.8) is 0 Å². The molecule has 108 valence electrons. The van der Waals surface area contributed by atoms with Crippen molar-refractivity contribution >= 4 is 12.7 Å². The van der Waals surface area contributed by atoms with Crippen molar-refractivity contribution in [2.75, 3.05) is 20.2 Å². The summed E-state index contributed by atoms with van der Waals surface area (Å²) >= 11 is 0. The van der Waals surface area contributed by atoms with Crippen LogP contribution in [0.25, 0.3) is 0 Å². The number of carbonyl (C=O) groups is 2. The lowest BCUT2D eigenvalue weighted by atomic mass is 10.2. The van der Waals surface area contributed by atoms with E-state index < -0.39 is 0 Å². The van der Waals surface area contributed by atoms with E-state index >= 15 is 0 Å². The molecule has 2 aliphatic rings. The highest BCUT2D eigenvalue weighted by molar-refractivity contribution is 5.52. The molecule has 0 bridgehead atoms. The minimum atomic E-state index is 0.0139. The Morgan fingerprint density at radius 2 is 1.79 bits per heavy atom. The number of aldehydes is 1. The summed E-state index contributed by atoms with van der Waals surface area (Å²) in [5.74, 6) is 1.78. The third-order valence-corrected chi connectivity index (χ3v) is 2.94. The van der Waals surface area contributed by atoms with Crippen LogP contribution in [-0.4, -0.2) is 43.4 Å². The van der Waals surface area contributed by atoms with Crippen molar-refractivity contribution in [3.8, 4) is 6.07 Å². The molecule has 2 rings (SSSR count). The van der Waals surface area contributed by atoms with Crippen molar-refractivity contribution in [3.05, 3.63) is 0 Å². The maximum Gasteiger partial charge on any atom is 0.209 e. The van der Waals surface area contributed by atoms with E-state index in [2.05, 4.69) is 0 Å². The second-order valence-corrected chi connectivity index (χ2v) is 5.66. The summed E-state index contributed by atoms with van der Waals surface area (Å²) in [6.45, 7) is 8.13. The molecule has 0 aromatic heterocycles. The molecule has 1 heterocycles. The van der Waals surface area contributed by atoms with E-state index in [1.165, 1.54) is 6.42 Å². The van der Waals surface area contributed by atoms with Gasteiger partial charge in [-0.05, 0) is 39.0 Å². The lowest BCUT2D eigenvalue weighted by Crippen LogP contribution is -2.19. The first-order valence-electron chi connectivity index (χ1n) is 6.43. The van der Waals surface area contributed by atoms with Crippen LogP contribution in [0.5, 0.6) is 0 Å². The van der Waals surface area contributed by atoms with Crippen LogP contribution in [0.2, 0.25) is 0 Å². The summed E-state index contributed by atoms with van der Waals surface area (Å²) in [6, 6.07) is 1.65. The highest BCUT2D eigenvalue weighted by Crippen LogP contribution is 2.44. The minimum Gasteiger partial charge on any atom is -0.379 e. The summed E-state index contributed by atoms with van der Waals surface area (Å²) in [5, 5.41) is 7.58. The summed E-state index contributed by atoms with van der Waals surface area (Å²) in [6.07, 6.45) is 2.93. The van der Waals surface area contributed by atoms with E-state index in [0.717, 1.165) is 31.3 Å². The van der Waals surface area contributed by atoms with Gasteiger partial charge < -0.3 is 14.4 Å². The summed E-state index contributed by atoms with van der Waals surface area (Å²) in [5.41, 5.74) is 0.0417. The molecular weight excluding hydrogens is 244 g/mol. The molecular formula is C14H24N2O3. The van der Waals surface area contributed by atoms with E-state index in [9.17, 15) is 9.59 Å². The molecule has 0 N–H and O–H groups in total. The molecule has 1 amide bonds. The van der Waals surface area contributed by atoms with Crippen molar-refractivity contribution in [1.29, 1.82) is 5.26 Å². The van der Waals surface area contributed by atoms with Gasteiger partial charge in [0.25, 0.3) is 0 Å². The Hall–Kier alpha value is -1.41. The predicted octanol–water partition coefficient (Wildman–Crippen LogP) is 1.62. The molecule has 0 aromatic rings. The maximum atomic E-state index is 10.1. The van der Waals surface area contributed by atoms with Gasteiger partial charge in [-0.3, -0.25) is 4.79 Å². The third-order valence-electron chi connectivity index (χ3n) is 2.94. The molecule has 0 spiro atoms. The molecule has 1 aliphatic heterocycles. The number of amides is 1. The number of likely N-dealkylation sites (tertiary alicyclic amines) is 1. The average Bonchev–Trinajstić information content (AvgIpc) is 2.98. The number of rotatable bonds is 2. The smallest absolute Gasteiger partial charge is 0.209 e. The zero-order valence-electron chi connectivity index (χ0n) is 12.3. The highest BCUT2D eigenvalue weighted by Gasteiger charge is 2.44. The number of hydrogen-bond acceptors (Lipinski definition) is 4. The Morgan fingerprint density at radius 3 is 1.95 bits per heavy atom. The molecule has 2 fully saturated rings. The van der Waals surface area contributed by atoms with Gasteiger partial charge >= 0.3 is 0 Å². The normalized spacial score (nSPS) is 22.8. The number of ether oxygens (including phenoxy) is 1. The lowest BCUT2D eigenvalue weighted by molar-refractivity contribution is -0.117. The monoisotopic (exact) mass is 268 g/mol. The molecule has 1 aliphatic carbocycles. The molecule has 2 unspecified atom stereocenters. The summed E-state index contributed by atoms with van der Waals surface area (Å²) in [4.78, 5) is 21.2. The van der Waals surface area contributed by atoms with Crippen LogP contribution in [0.1, 0.15) is 33.6 Å². The van der Waals surface area contributed by atoms with Crippen LogP contribution < -0.4 is 0 Å². The zero-order chi connectivity index (χ0) is 14.9. The maximum absolute atomic E-state index is 10.1. The standard InChI is InChI=1S/C6H9NO.C5H12O.C3H3NO/c8-4-7-2-5-1-6(5)3-7;1-5(2,3)6-4;4-2-1-3-5/h4-6H,1-3H2;1-4H3;3H,1H2. The third kappa shape index (κ3) is 9.20. The Labute approximate surface area is 115 Å². The lowest BCUT2D eigenvalue weighted by Gasteiger charge is -2.14. The molecule has 5 nitrogen and oxygen atoms in total. The Balaban J connectivity index is 0.000000268.